The molecule has 0 bridgehead atoms. The third-order valence-corrected chi connectivity index (χ3v) is 4.78. The van der Waals surface area contributed by atoms with E-state index < -0.39 is 0 Å². The average molecular weight is 374 g/mol. The lowest BCUT2D eigenvalue weighted by atomic mass is 10.1. The number of aryl methyl sites for hydroxylation is 2. The molecule has 0 saturated heterocycles. The van der Waals surface area contributed by atoms with Gasteiger partial charge in [-0.3, -0.25) is 14.5 Å². The van der Waals surface area contributed by atoms with Gasteiger partial charge in [-0.1, -0.05) is 35.9 Å². The van der Waals surface area contributed by atoms with Gasteiger partial charge in [0.1, 0.15) is 0 Å². The van der Waals surface area contributed by atoms with Crippen molar-refractivity contribution in [2.75, 3.05) is 7.05 Å². The van der Waals surface area contributed by atoms with Gasteiger partial charge >= 0.3 is 0 Å². The summed E-state index contributed by atoms with van der Waals surface area (Å²) in [5, 5.41) is 4.65. The number of benzene rings is 1. The Hall–Kier alpha value is -3.21. The molecule has 2 aromatic heterocycles. The first-order chi connectivity index (χ1) is 13.4. The van der Waals surface area contributed by atoms with Crippen LogP contribution in [0.15, 0.2) is 54.7 Å². The fourth-order valence-electron chi connectivity index (χ4n) is 3.07. The van der Waals surface area contributed by atoms with E-state index in [0.29, 0.717) is 13.1 Å². The zero-order chi connectivity index (χ0) is 20.1. The molecule has 5 nitrogen and oxygen atoms in total. The highest BCUT2D eigenvalue weighted by molar-refractivity contribution is 5.91. The number of carbonyl (C=O) groups is 1. The Morgan fingerprint density at radius 1 is 1.11 bits per heavy atom. The monoisotopic (exact) mass is 374 g/mol. The van der Waals surface area contributed by atoms with Crippen molar-refractivity contribution < 1.29 is 4.79 Å². The third-order valence-electron chi connectivity index (χ3n) is 4.78. The van der Waals surface area contributed by atoms with Crippen molar-refractivity contribution >= 4 is 12.0 Å². The third kappa shape index (κ3) is 4.74. The highest BCUT2D eigenvalue weighted by Crippen LogP contribution is 2.17. The van der Waals surface area contributed by atoms with Gasteiger partial charge in [0.05, 0.1) is 24.5 Å². The van der Waals surface area contributed by atoms with E-state index in [1.54, 1.807) is 24.2 Å². The summed E-state index contributed by atoms with van der Waals surface area (Å²) in [6.07, 6.45) is 5.20. The molecule has 0 aliphatic carbocycles. The van der Waals surface area contributed by atoms with Gasteiger partial charge in [-0.05, 0) is 44.5 Å². The molecule has 2 heterocycles. The Morgan fingerprint density at radius 3 is 2.54 bits per heavy atom. The molecule has 3 rings (SSSR count). The zero-order valence-electron chi connectivity index (χ0n) is 16.9. The standard InChI is InChI=1S/C23H26N4O/c1-17-8-10-20(11-9-17)15-27-19(3)22(18(2)25-27)12-13-23(28)26(4)16-21-7-5-6-14-24-21/h5-14H,15-16H2,1-4H3. The molecular formula is C23H26N4O. The van der Waals surface area contributed by atoms with Crippen LogP contribution in [-0.4, -0.2) is 32.6 Å². The first kappa shape index (κ1) is 19.5. The van der Waals surface area contributed by atoms with Crippen LogP contribution in [0.3, 0.4) is 0 Å². The second kappa shape index (κ2) is 8.65. The van der Waals surface area contributed by atoms with E-state index >= 15 is 0 Å². The van der Waals surface area contributed by atoms with Gasteiger partial charge in [-0.2, -0.15) is 5.10 Å². The lowest BCUT2D eigenvalue weighted by molar-refractivity contribution is -0.125. The number of hydrogen-bond donors (Lipinski definition) is 0. The van der Waals surface area contributed by atoms with Crippen LogP contribution in [-0.2, 0) is 17.9 Å². The minimum atomic E-state index is -0.0595. The van der Waals surface area contributed by atoms with Crippen molar-refractivity contribution in [1.82, 2.24) is 19.7 Å². The first-order valence-electron chi connectivity index (χ1n) is 9.36. The van der Waals surface area contributed by atoms with Crippen molar-refractivity contribution in [3.05, 3.63) is 88.5 Å². The number of likely N-dealkylation sites (N-methyl/N-ethyl adjacent to an activating group) is 1. The number of amides is 1. The summed E-state index contributed by atoms with van der Waals surface area (Å²) >= 11 is 0. The fourth-order valence-corrected chi connectivity index (χ4v) is 3.07. The Kier molecular flexibility index (Phi) is 6.04. The SMILES string of the molecule is Cc1ccc(Cn2nc(C)c(C=CC(=O)N(C)Cc3ccccn3)c2C)cc1. The summed E-state index contributed by atoms with van der Waals surface area (Å²) in [7, 11) is 1.78. The highest BCUT2D eigenvalue weighted by Gasteiger charge is 2.11. The van der Waals surface area contributed by atoms with Gasteiger partial charge < -0.3 is 4.90 Å². The van der Waals surface area contributed by atoms with Gasteiger partial charge in [0.15, 0.2) is 0 Å². The van der Waals surface area contributed by atoms with Gasteiger partial charge in [-0.15, -0.1) is 0 Å². The van der Waals surface area contributed by atoms with Crippen molar-refractivity contribution in [3.63, 3.8) is 0 Å². The molecule has 1 amide bonds. The number of rotatable bonds is 6. The van der Waals surface area contributed by atoms with E-state index in [1.165, 1.54) is 11.1 Å². The largest absolute Gasteiger partial charge is 0.336 e. The smallest absolute Gasteiger partial charge is 0.246 e. The van der Waals surface area contributed by atoms with Gasteiger partial charge in [-0.25, -0.2) is 0 Å². The summed E-state index contributed by atoms with van der Waals surface area (Å²) in [6, 6.07) is 14.2. The molecule has 0 N–H and O–H groups in total. The lowest BCUT2D eigenvalue weighted by Gasteiger charge is -2.14. The van der Waals surface area contributed by atoms with Crippen molar-refractivity contribution in [2.45, 2.75) is 33.9 Å². The second-order valence-corrected chi connectivity index (χ2v) is 7.08. The van der Waals surface area contributed by atoms with Crippen LogP contribution in [0.4, 0.5) is 0 Å². The van der Waals surface area contributed by atoms with E-state index in [9.17, 15) is 4.79 Å². The summed E-state index contributed by atoms with van der Waals surface area (Å²) in [5.74, 6) is -0.0595. The normalized spacial score (nSPS) is 11.1. The Morgan fingerprint density at radius 2 is 1.86 bits per heavy atom. The van der Waals surface area contributed by atoms with Crippen LogP contribution >= 0.6 is 0 Å². The molecule has 0 atom stereocenters. The molecule has 5 heteroatoms. The molecule has 144 valence electrons. The van der Waals surface area contributed by atoms with E-state index in [-0.39, 0.29) is 5.91 Å². The summed E-state index contributed by atoms with van der Waals surface area (Å²) in [6.45, 7) is 7.29. The number of pyridine rings is 1. The first-order valence-corrected chi connectivity index (χ1v) is 9.36. The van der Waals surface area contributed by atoms with E-state index in [2.05, 4.69) is 41.3 Å². The van der Waals surface area contributed by atoms with Gasteiger partial charge in [0, 0.05) is 30.6 Å². The summed E-state index contributed by atoms with van der Waals surface area (Å²) < 4.78 is 1.99. The molecule has 28 heavy (non-hydrogen) atoms. The Labute approximate surface area is 166 Å². The average Bonchev–Trinajstić information content (AvgIpc) is 2.95. The number of hydrogen-bond acceptors (Lipinski definition) is 3. The number of carbonyl (C=O) groups excluding carboxylic acids is 1. The summed E-state index contributed by atoms with van der Waals surface area (Å²) in [5.41, 5.74) is 6.28. The molecule has 0 saturated carbocycles. The fraction of sp³-hybridized carbons (Fsp3) is 0.261. The molecule has 0 unspecified atom stereocenters. The molecule has 0 fully saturated rings. The van der Waals surface area contributed by atoms with Crippen LogP contribution in [0.1, 0.15) is 33.8 Å². The molecule has 0 aliphatic heterocycles. The van der Waals surface area contributed by atoms with Crippen LogP contribution in [0.2, 0.25) is 0 Å². The van der Waals surface area contributed by atoms with E-state index in [4.69, 9.17) is 0 Å². The van der Waals surface area contributed by atoms with Crippen molar-refractivity contribution in [3.8, 4) is 0 Å². The number of aromatic nitrogens is 3. The highest BCUT2D eigenvalue weighted by atomic mass is 16.2. The van der Waals surface area contributed by atoms with Crippen LogP contribution in [0.25, 0.3) is 6.08 Å². The topological polar surface area (TPSA) is 51.0 Å². The predicted molar refractivity (Wildman–Crippen MR) is 112 cm³/mol. The number of nitrogens with zero attached hydrogens (tertiary/aromatic N) is 4. The molecular weight excluding hydrogens is 348 g/mol. The second-order valence-electron chi connectivity index (χ2n) is 7.08. The van der Waals surface area contributed by atoms with Crippen molar-refractivity contribution in [1.29, 1.82) is 0 Å². The maximum Gasteiger partial charge on any atom is 0.246 e. The minimum absolute atomic E-state index is 0.0595. The molecule has 1 aromatic carbocycles. The Bertz CT molecular complexity index is 972. The molecule has 0 aliphatic rings. The molecule has 0 spiro atoms. The van der Waals surface area contributed by atoms with Crippen LogP contribution < -0.4 is 0 Å². The van der Waals surface area contributed by atoms with Crippen molar-refractivity contribution in [2.24, 2.45) is 0 Å². The maximum absolute atomic E-state index is 12.5. The minimum Gasteiger partial charge on any atom is -0.336 e. The van der Waals surface area contributed by atoms with Gasteiger partial charge in [0.2, 0.25) is 5.91 Å². The quantitative estimate of drug-likeness (QED) is 0.615. The zero-order valence-corrected chi connectivity index (χ0v) is 16.9. The summed E-state index contributed by atoms with van der Waals surface area (Å²) in [4.78, 5) is 18.4. The van der Waals surface area contributed by atoms with Crippen LogP contribution in [0, 0.1) is 20.8 Å². The molecule has 0 radical (unpaired) electrons. The molecule has 3 aromatic rings. The maximum atomic E-state index is 12.5. The van der Waals surface area contributed by atoms with Gasteiger partial charge in [0.25, 0.3) is 0 Å². The predicted octanol–water partition coefficient (Wildman–Crippen LogP) is 3.92. The van der Waals surface area contributed by atoms with E-state index in [0.717, 1.165) is 22.6 Å². The van der Waals surface area contributed by atoms with E-state index in [1.807, 2.05) is 42.8 Å². The lowest BCUT2D eigenvalue weighted by Crippen LogP contribution is -2.24. The van der Waals surface area contributed by atoms with Crippen LogP contribution in [0.5, 0.6) is 0 Å². The Balaban J connectivity index is 1.70.